The highest BCUT2D eigenvalue weighted by Crippen LogP contribution is 2.28. The first kappa shape index (κ1) is 20.8. The lowest BCUT2D eigenvalue weighted by atomic mass is 10.1. The van der Waals surface area contributed by atoms with Crippen LogP contribution in [0.25, 0.3) is 0 Å². The Kier molecular flexibility index (Phi) is 7.69. The Morgan fingerprint density at radius 2 is 1.93 bits per heavy atom. The van der Waals surface area contributed by atoms with E-state index in [9.17, 15) is 13.2 Å². The van der Waals surface area contributed by atoms with Crippen molar-refractivity contribution in [3.05, 3.63) is 17.5 Å². The molecule has 0 spiro atoms. The van der Waals surface area contributed by atoms with E-state index in [4.69, 9.17) is 0 Å². The van der Waals surface area contributed by atoms with Gasteiger partial charge in [0.25, 0.3) is 10.0 Å². The number of unbranched alkanes of at least 4 members (excludes halogenated alkanes) is 2. The van der Waals surface area contributed by atoms with Crippen LogP contribution in [0.2, 0.25) is 0 Å². The molecule has 0 radical (unpaired) electrons. The molecule has 1 aromatic rings. The normalized spacial score (nSPS) is 22.1. The van der Waals surface area contributed by atoms with Crippen molar-refractivity contribution in [2.45, 2.75) is 61.6 Å². The summed E-state index contributed by atoms with van der Waals surface area (Å²) in [6.45, 7) is 4.67. The van der Waals surface area contributed by atoms with Crippen molar-refractivity contribution in [2.24, 2.45) is 0 Å². The third kappa shape index (κ3) is 5.53. The topological polar surface area (TPSA) is 69.7 Å². The molecule has 1 aromatic heterocycles. The monoisotopic (exact) mass is 413 g/mol. The van der Waals surface area contributed by atoms with Crippen LogP contribution in [0.3, 0.4) is 0 Å². The van der Waals surface area contributed by atoms with Gasteiger partial charge in [0.15, 0.2) is 0 Å². The van der Waals surface area contributed by atoms with Gasteiger partial charge in [0, 0.05) is 13.1 Å². The van der Waals surface area contributed by atoms with E-state index in [2.05, 4.69) is 10.2 Å². The van der Waals surface area contributed by atoms with E-state index in [1.54, 1.807) is 17.5 Å². The molecule has 3 heterocycles. The molecule has 0 bridgehead atoms. The Bertz CT molecular complexity index is 685. The van der Waals surface area contributed by atoms with E-state index in [0.29, 0.717) is 23.7 Å². The van der Waals surface area contributed by atoms with Crippen LogP contribution in [0.4, 0.5) is 0 Å². The van der Waals surface area contributed by atoms with Gasteiger partial charge in [-0.15, -0.1) is 11.3 Å². The molecule has 1 atom stereocenters. The van der Waals surface area contributed by atoms with E-state index in [1.807, 2.05) is 0 Å². The largest absolute Gasteiger partial charge is 0.355 e. The van der Waals surface area contributed by atoms with Gasteiger partial charge in [0.2, 0.25) is 5.91 Å². The lowest BCUT2D eigenvalue weighted by molar-refractivity contribution is -0.124. The van der Waals surface area contributed by atoms with Crippen LogP contribution in [0.15, 0.2) is 21.7 Å². The average Bonchev–Trinajstić information content (AvgIpc) is 3.37. The number of rotatable bonds is 9. The number of likely N-dealkylation sites (tertiary alicyclic amines) is 1. The highest BCUT2D eigenvalue weighted by atomic mass is 32.2. The van der Waals surface area contributed by atoms with Gasteiger partial charge in [0.05, 0.1) is 0 Å². The smallest absolute Gasteiger partial charge is 0.253 e. The third-order valence-corrected chi connectivity index (χ3v) is 8.74. The Balaban J connectivity index is 1.38. The van der Waals surface area contributed by atoms with Gasteiger partial charge in [-0.2, -0.15) is 4.31 Å². The third-order valence-electron chi connectivity index (χ3n) is 5.46. The van der Waals surface area contributed by atoms with Gasteiger partial charge in [0.1, 0.15) is 10.3 Å². The second kappa shape index (κ2) is 10.0. The maximum Gasteiger partial charge on any atom is 0.253 e. The summed E-state index contributed by atoms with van der Waals surface area (Å²) in [7, 11) is -3.56. The molecule has 1 unspecified atom stereocenters. The van der Waals surface area contributed by atoms with E-state index < -0.39 is 16.1 Å². The first-order chi connectivity index (χ1) is 13.1. The van der Waals surface area contributed by atoms with Crippen LogP contribution < -0.4 is 5.32 Å². The summed E-state index contributed by atoms with van der Waals surface area (Å²) in [6, 6.07) is 2.77. The van der Waals surface area contributed by atoms with Crippen LogP contribution >= 0.6 is 11.3 Å². The van der Waals surface area contributed by atoms with Crippen molar-refractivity contribution in [2.75, 3.05) is 32.7 Å². The quantitative estimate of drug-likeness (QED) is 0.632. The fourth-order valence-corrected chi connectivity index (χ4v) is 6.74. The van der Waals surface area contributed by atoms with Crippen LogP contribution in [-0.4, -0.2) is 62.3 Å². The molecule has 2 saturated heterocycles. The molecule has 0 aromatic carbocycles. The lowest BCUT2D eigenvalue weighted by Crippen LogP contribution is -2.45. The molecule has 0 saturated carbocycles. The number of carbonyl (C=O) groups excluding carboxylic acids is 1. The number of thiophene rings is 1. The highest BCUT2D eigenvalue weighted by Gasteiger charge is 2.39. The summed E-state index contributed by atoms with van der Waals surface area (Å²) in [5, 5.41) is 4.71. The zero-order valence-corrected chi connectivity index (χ0v) is 17.6. The van der Waals surface area contributed by atoms with E-state index >= 15 is 0 Å². The van der Waals surface area contributed by atoms with Crippen LogP contribution in [-0.2, 0) is 14.8 Å². The number of sulfonamides is 1. The molecule has 27 heavy (non-hydrogen) atoms. The van der Waals surface area contributed by atoms with Crippen molar-refractivity contribution in [1.29, 1.82) is 0 Å². The maximum atomic E-state index is 12.7. The second-order valence-corrected chi connectivity index (χ2v) is 10.5. The van der Waals surface area contributed by atoms with Crippen LogP contribution in [0, 0.1) is 0 Å². The lowest BCUT2D eigenvalue weighted by Gasteiger charge is -2.26. The summed E-state index contributed by atoms with van der Waals surface area (Å²) < 4.78 is 27.2. The van der Waals surface area contributed by atoms with Gasteiger partial charge < -0.3 is 10.2 Å². The maximum absolute atomic E-state index is 12.7. The summed E-state index contributed by atoms with van der Waals surface area (Å²) >= 11 is 1.20. The van der Waals surface area contributed by atoms with Gasteiger partial charge in [-0.1, -0.05) is 18.9 Å². The molecular weight excluding hydrogens is 382 g/mol. The van der Waals surface area contributed by atoms with Crippen LogP contribution in [0.1, 0.15) is 51.4 Å². The predicted molar refractivity (Wildman–Crippen MR) is 108 cm³/mol. The minimum Gasteiger partial charge on any atom is -0.355 e. The van der Waals surface area contributed by atoms with Crippen LogP contribution in [0.5, 0.6) is 0 Å². The second-order valence-electron chi connectivity index (χ2n) is 7.46. The predicted octanol–water partition coefficient (Wildman–Crippen LogP) is 2.67. The van der Waals surface area contributed by atoms with Crippen molar-refractivity contribution in [1.82, 2.24) is 14.5 Å². The molecule has 3 rings (SSSR count). The van der Waals surface area contributed by atoms with E-state index in [0.717, 1.165) is 32.2 Å². The Hall–Kier alpha value is -0.960. The van der Waals surface area contributed by atoms with Gasteiger partial charge in [-0.05, 0) is 69.6 Å². The Morgan fingerprint density at radius 3 is 2.67 bits per heavy atom. The summed E-state index contributed by atoms with van der Waals surface area (Å²) in [5.74, 6) is -0.149. The molecular formula is C19H31N3O3S2. The summed E-state index contributed by atoms with van der Waals surface area (Å²) in [6.07, 6.45) is 8.55. The summed E-state index contributed by atoms with van der Waals surface area (Å²) in [5.41, 5.74) is 0. The minimum atomic E-state index is -3.56. The Labute approximate surface area is 167 Å². The average molecular weight is 414 g/mol. The molecule has 1 N–H and O–H groups in total. The zero-order valence-electron chi connectivity index (χ0n) is 15.9. The number of amides is 1. The highest BCUT2D eigenvalue weighted by molar-refractivity contribution is 7.91. The first-order valence-corrected chi connectivity index (χ1v) is 12.5. The van der Waals surface area contributed by atoms with Crippen molar-refractivity contribution in [3.63, 3.8) is 0 Å². The van der Waals surface area contributed by atoms with Gasteiger partial charge >= 0.3 is 0 Å². The number of nitrogens with zero attached hydrogens (tertiary/aromatic N) is 2. The molecule has 2 aliphatic heterocycles. The van der Waals surface area contributed by atoms with E-state index in [-0.39, 0.29) is 5.91 Å². The van der Waals surface area contributed by atoms with Gasteiger partial charge in [-0.25, -0.2) is 8.42 Å². The summed E-state index contributed by atoms with van der Waals surface area (Å²) in [4.78, 5) is 15.1. The SMILES string of the molecule is O=C(NCCCCCN1CCCCC1)C1CCCN1S(=O)(=O)c1cccs1. The van der Waals surface area contributed by atoms with Gasteiger partial charge in [-0.3, -0.25) is 4.79 Å². The molecule has 2 fully saturated rings. The minimum absolute atomic E-state index is 0.149. The number of piperidine rings is 1. The van der Waals surface area contributed by atoms with E-state index in [1.165, 1.54) is 48.0 Å². The fraction of sp³-hybridized carbons (Fsp3) is 0.737. The molecule has 8 heteroatoms. The van der Waals surface area contributed by atoms with Crippen molar-refractivity contribution >= 4 is 27.3 Å². The van der Waals surface area contributed by atoms with Crippen molar-refractivity contribution in [3.8, 4) is 0 Å². The molecule has 152 valence electrons. The molecule has 2 aliphatic rings. The number of nitrogens with one attached hydrogen (secondary N) is 1. The number of carbonyl (C=O) groups is 1. The number of hydrogen-bond acceptors (Lipinski definition) is 5. The number of hydrogen-bond donors (Lipinski definition) is 1. The zero-order chi connectivity index (χ0) is 19.1. The standard InChI is InChI=1S/C19H31N3O3S2/c23-19(20-11-3-1-4-12-21-13-5-2-6-14-21)17-9-7-15-22(17)27(24,25)18-10-8-16-26-18/h8,10,16-17H,1-7,9,11-15H2,(H,20,23). The molecule has 1 amide bonds. The first-order valence-electron chi connectivity index (χ1n) is 10.1. The van der Waals surface area contributed by atoms with Crippen molar-refractivity contribution < 1.29 is 13.2 Å². The Morgan fingerprint density at radius 1 is 1.11 bits per heavy atom. The fourth-order valence-electron chi connectivity index (χ4n) is 3.97. The molecule has 0 aliphatic carbocycles. The molecule has 6 nitrogen and oxygen atoms in total.